The summed E-state index contributed by atoms with van der Waals surface area (Å²) in [5.74, 6) is -0.760. The van der Waals surface area contributed by atoms with Crippen molar-refractivity contribution in [1.82, 2.24) is 4.98 Å². The molecule has 1 aromatic heterocycles. The van der Waals surface area contributed by atoms with E-state index in [1.54, 1.807) is 24.5 Å². The number of amides is 1. The number of rotatable bonds is 2. The number of hydrogen-bond donors (Lipinski definition) is 2. The molecular formula is C12H10N2O2. The number of aromatic hydroxyl groups is 1. The van der Waals surface area contributed by atoms with Crippen LogP contribution in [0.15, 0.2) is 42.7 Å². The van der Waals surface area contributed by atoms with Crippen molar-refractivity contribution in [3.05, 3.63) is 48.3 Å². The van der Waals surface area contributed by atoms with Crippen LogP contribution < -0.4 is 5.73 Å². The Bertz CT molecular complexity index is 524. The van der Waals surface area contributed by atoms with E-state index in [0.717, 1.165) is 11.1 Å². The van der Waals surface area contributed by atoms with Crippen molar-refractivity contribution in [2.45, 2.75) is 0 Å². The second-order valence-corrected chi connectivity index (χ2v) is 3.34. The summed E-state index contributed by atoms with van der Waals surface area (Å²) in [4.78, 5) is 14.9. The van der Waals surface area contributed by atoms with Crippen LogP contribution in [0.5, 0.6) is 5.75 Å². The number of carbonyl (C=O) groups excluding carboxylic acids is 1. The molecule has 0 saturated heterocycles. The molecule has 0 aliphatic heterocycles. The van der Waals surface area contributed by atoms with Crippen LogP contribution in [0.3, 0.4) is 0 Å². The summed E-state index contributed by atoms with van der Waals surface area (Å²) < 4.78 is 0. The molecule has 1 aromatic carbocycles. The molecule has 4 nitrogen and oxygen atoms in total. The molecule has 0 aliphatic rings. The third-order valence-electron chi connectivity index (χ3n) is 2.26. The van der Waals surface area contributed by atoms with Crippen LogP contribution in [-0.4, -0.2) is 16.0 Å². The maximum absolute atomic E-state index is 10.9. The lowest BCUT2D eigenvalue weighted by molar-refractivity contribution is 0.0998. The Hall–Kier alpha value is -2.36. The highest BCUT2D eigenvalue weighted by molar-refractivity contribution is 5.96. The summed E-state index contributed by atoms with van der Waals surface area (Å²) in [5, 5.41) is 9.60. The second kappa shape index (κ2) is 4.02. The van der Waals surface area contributed by atoms with Gasteiger partial charge < -0.3 is 10.8 Å². The zero-order valence-electron chi connectivity index (χ0n) is 8.42. The molecule has 0 atom stereocenters. The molecule has 0 radical (unpaired) electrons. The minimum absolute atomic E-state index is 0.117. The van der Waals surface area contributed by atoms with E-state index in [9.17, 15) is 9.90 Å². The Kier molecular flexibility index (Phi) is 2.55. The maximum atomic E-state index is 10.9. The average molecular weight is 214 g/mol. The number of aromatic nitrogens is 1. The Balaban J connectivity index is 2.46. The molecule has 0 aliphatic carbocycles. The predicted octanol–water partition coefficient (Wildman–Crippen LogP) is 1.55. The molecular weight excluding hydrogens is 204 g/mol. The third kappa shape index (κ3) is 1.86. The molecule has 1 heterocycles. The number of phenols is 1. The van der Waals surface area contributed by atoms with Gasteiger partial charge in [-0.15, -0.1) is 0 Å². The van der Waals surface area contributed by atoms with Crippen LogP contribution >= 0.6 is 0 Å². The van der Waals surface area contributed by atoms with Crippen LogP contribution in [0.4, 0.5) is 0 Å². The van der Waals surface area contributed by atoms with Crippen molar-refractivity contribution >= 4 is 5.91 Å². The molecule has 80 valence electrons. The van der Waals surface area contributed by atoms with E-state index in [4.69, 9.17) is 5.73 Å². The maximum Gasteiger partial charge on any atom is 0.252 e. The summed E-state index contributed by atoms with van der Waals surface area (Å²) in [7, 11) is 0. The van der Waals surface area contributed by atoms with Gasteiger partial charge in [-0.3, -0.25) is 9.78 Å². The van der Waals surface area contributed by atoms with E-state index in [1.807, 2.05) is 6.07 Å². The molecule has 3 N–H and O–H groups in total. The largest absolute Gasteiger partial charge is 0.507 e. The van der Waals surface area contributed by atoms with E-state index in [1.165, 1.54) is 12.1 Å². The average Bonchev–Trinajstić information content (AvgIpc) is 2.29. The molecule has 0 bridgehead atoms. The molecule has 0 saturated carbocycles. The van der Waals surface area contributed by atoms with Gasteiger partial charge in [0.25, 0.3) is 5.91 Å². The van der Waals surface area contributed by atoms with E-state index >= 15 is 0 Å². The van der Waals surface area contributed by atoms with Crippen LogP contribution in [0.25, 0.3) is 11.1 Å². The molecule has 0 spiro atoms. The van der Waals surface area contributed by atoms with E-state index < -0.39 is 5.91 Å². The fourth-order valence-electron chi connectivity index (χ4n) is 1.45. The van der Waals surface area contributed by atoms with Gasteiger partial charge in [-0.05, 0) is 23.8 Å². The summed E-state index contributed by atoms with van der Waals surface area (Å²) in [6.45, 7) is 0. The summed E-state index contributed by atoms with van der Waals surface area (Å²) in [6.07, 6.45) is 3.35. The first kappa shape index (κ1) is 10.2. The van der Waals surface area contributed by atoms with Crippen LogP contribution in [0.2, 0.25) is 0 Å². The van der Waals surface area contributed by atoms with Crippen molar-refractivity contribution in [1.29, 1.82) is 0 Å². The zero-order chi connectivity index (χ0) is 11.5. The number of hydrogen-bond acceptors (Lipinski definition) is 3. The van der Waals surface area contributed by atoms with E-state index in [2.05, 4.69) is 4.98 Å². The second-order valence-electron chi connectivity index (χ2n) is 3.34. The molecule has 0 fully saturated rings. The first-order valence-electron chi connectivity index (χ1n) is 4.71. The summed E-state index contributed by atoms with van der Waals surface area (Å²) in [5.41, 5.74) is 6.87. The highest BCUT2D eigenvalue weighted by atomic mass is 16.3. The smallest absolute Gasteiger partial charge is 0.252 e. The van der Waals surface area contributed by atoms with Gasteiger partial charge in [0.05, 0.1) is 5.56 Å². The van der Waals surface area contributed by atoms with Crippen LogP contribution in [-0.2, 0) is 0 Å². The normalized spacial score (nSPS) is 10.0. The number of carbonyl (C=O) groups is 1. The Morgan fingerprint density at radius 3 is 2.62 bits per heavy atom. The lowest BCUT2D eigenvalue weighted by Gasteiger charge is -2.04. The zero-order valence-corrected chi connectivity index (χ0v) is 8.42. The molecule has 4 heteroatoms. The Morgan fingerprint density at radius 1 is 1.25 bits per heavy atom. The van der Waals surface area contributed by atoms with E-state index in [0.29, 0.717) is 0 Å². The van der Waals surface area contributed by atoms with Crippen LogP contribution in [0.1, 0.15) is 10.4 Å². The number of nitrogens with zero attached hydrogens (tertiary/aromatic N) is 1. The van der Waals surface area contributed by atoms with Crippen LogP contribution in [0, 0.1) is 0 Å². The van der Waals surface area contributed by atoms with Crippen molar-refractivity contribution < 1.29 is 9.90 Å². The van der Waals surface area contributed by atoms with Gasteiger partial charge in [0, 0.05) is 18.0 Å². The van der Waals surface area contributed by atoms with Gasteiger partial charge in [0.15, 0.2) is 0 Å². The van der Waals surface area contributed by atoms with Gasteiger partial charge in [-0.2, -0.15) is 0 Å². The molecule has 2 aromatic rings. The highest BCUT2D eigenvalue weighted by Crippen LogP contribution is 2.25. The number of pyridine rings is 1. The fraction of sp³-hybridized carbons (Fsp3) is 0. The van der Waals surface area contributed by atoms with E-state index in [-0.39, 0.29) is 11.3 Å². The van der Waals surface area contributed by atoms with Crippen molar-refractivity contribution in [3.8, 4) is 16.9 Å². The minimum atomic E-state index is -0.643. The van der Waals surface area contributed by atoms with Gasteiger partial charge >= 0.3 is 0 Å². The lowest BCUT2D eigenvalue weighted by atomic mass is 10.0. The van der Waals surface area contributed by atoms with Crippen molar-refractivity contribution in [2.75, 3.05) is 0 Å². The first-order chi connectivity index (χ1) is 7.68. The summed E-state index contributed by atoms with van der Waals surface area (Å²) in [6, 6.07) is 8.38. The van der Waals surface area contributed by atoms with Gasteiger partial charge in [-0.1, -0.05) is 12.1 Å². The third-order valence-corrected chi connectivity index (χ3v) is 2.26. The molecule has 2 rings (SSSR count). The SMILES string of the molecule is NC(=O)c1ccc(-c2cccnc2)cc1O. The predicted molar refractivity (Wildman–Crippen MR) is 59.9 cm³/mol. The number of primary amides is 1. The standard InChI is InChI=1S/C12H10N2O2/c13-12(16)10-4-3-8(6-11(10)15)9-2-1-5-14-7-9/h1-7,15H,(H2,13,16). The Labute approximate surface area is 92.4 Å². The lowest BCUT2D eigenvalue weighted by Crippen LogP contribution is -2.10. The van der Waals surface area contributed by atoms with Crippen molar-refractivity contribution in [2.24, 2.45) is 5.73 Å². The monoisotopic (exact) mass is 214 g/mol. The fourth-order valence-corrected chi connectivity index (χ4v) is 1.45. The van der Waals surface area contributed by atoms with Crippen molar-refractivity contribution in [3.63, 3.8) is 0 Å². The number of benzene rings is 1. The Morgan fingerprint density at radius 2 is 2.06 bits per heavy atom. The minimum Gasteiger partial charge on any atom is -0.507 e. The summed E-state index contributed by atoms with van der Waals surface area (Å²) >= 11 is 0. The molecule has 1 amide bonds. The topological polar surface area (TPSA) is 76.2 Å². The highest BCUT2D eigenvalue weighted by Gasteiger charge is 2.08. The van der Waals surface area contributed by atoms with Gasteiger partial charge in [-0.25, -0.2) is 0 Å². The molecule has 0 unspecified atom stereocenters. The molecule has 16 heavy (non-hydrogen) atoms. The quantitative estimate of drug-likeness (QED) is 0.796. The van der Waals surface area contributed by atoms with Gasteiger partial charge in [0.1, 0.15) is 5.75 Å². The number of nitrogens with two attached hydrogens (primary N) is 1. The first-order valence-corrected chi connectivity index (χ1v) is 4.71. The van der Waals surface area contributed by atoms with Gasteiger partial charge in [0.2, 0.25) is 0 Å².